The number of anilines is 1. The molecule has 3 rings (SSSR count). The zero-order chi connectivity index (χ0) is 17.2. The topological polar surface area (TPSA) is 78.4 Å². The number of aliphatic hydroxyl groups is 1. The highest BCUT2D eigenvalue weighted by Crippen LogP contribution is 2.25. The fraction of sp³-hybridized carbons (Fsp3) is 0.471. The molecule has 0 spiro atoms. The summed E-state index contributed by atoms with van der Waals surface area (Å²) in [4.78, 5) is 23.8. The second-order valence-electron chi connectivity index (χ2n) is 6.52. The Morgan fingerprint density at radius 2 is 2.21 bits per heavy atom. The standard InChI is InChI=1S/C17H22N4O2S/c1-12(2)14-8-13(9-24-14)15(22)20-10-17(23)4-7-21(11-17)16-18-5-3-6-19-16/h3,5-6,8-9,12,23H,4,7,10-11H2,1-2H3,(H,20,22). The maximum absolute atomic E-state index is 12.3. The van der Waals surface area contributed by atoms with Gasteiger partial charge < -0.3 is 15.3 Å². The van der Waals surface area contributed by atoms with Gasteiger partial charge in [0.15, 0.2) is 0 Å². The van der Waals surface area contributed by atoms with Crippen LogP contribution in [0.25, 0.3) is 0 Å². The van der Waals surface area contributed by atoms with E-state index in [2.05, 4.69) is 29.1 Å². The van der Waals surface area contributed by atoms with E-state index in [9.17, 15) is 9.90 Å². The predicted molar refractivity (Wildman–Crippen MR) is 94.6 cm³/mol. The Balaban J connectivity index is 1.57. The zero-order valence-corrected chi connectivity index (χ0v) is 14.7. The summed E-state index contributed by atoms with van der Waals surface area (Å²) in [5.41, 5.74) is -0.292. The van der Waals surface area contributed by atoms with Gasteiger partial charge in [0, 0.05) is 35.7 Å². The number of aromatic nitrogens is 2. The average Bonchev–Trinajstić information content (AvgIpc) is 3.21. The Bertz CT molecular complexity index is 704. The molecule has 7 heteroatoms. The van der Waals surface area contributed by atoms with E-state index in [4.69, 9.17) is 0 Å². The summed E-state index contributed by atoms with van der Waals surface area (Å²) in [7, 11) is 0. The van der Waals surface area contributed by atoms with Crippen molar-refractivity contribution in [2.24, 2.45) is 0 Å². The van der Waals surface area contributed by atoms with E-state index in [1.54, 1.807) is 29.8 Å². The van der Waals surface area contributed by atoms with Crippen LogP contribution in [0.5, 0.6) is 0 Å². The van der Waals surface area contributed by atoms with Gasteiger partial charge >= 0.3 is 0 Å². The fourth-order valence-electron chi connectivity index (χ4n) is 2.75. The summed E-state index contributed by atoms with van der Waals surface area (Å²) in [5, 5.41) is 15.4. The molecule has 2 aromatic rings. The average molecular weight is 346 g/mol. The third-order valence-corrected chi connectivity index (χ3v) is 5.43. The van der Waals surface area contributed by atoms with Crippen LogP contribution >= 0.6 is 11.3 Å². The molecule has 0 saturated carbocycles. The molecule has 2 N–H and O–H groups in total. The van der Waals surface area contributed by atoms with E-state index in [-0.39, 0.29) is 12.5 Å². The third-order valence-electron chi connectivity index (χ3n) is 4.20. The van der Waals surface area contributed by atoms with Gasteiger partial charge in [0.25, 0.3) is 5.91 Å². The van der Waals surface area contributed by atoms with Gasteiger partial charge in [-0.25, -0.2) is 9.97 Å². The Morgan fingerprint density at radius 1 is 1.46 bits per heavy atom. The van der Waals surface area contributed by atoms with Gasteiger partial charge in [-0.15, -0.1) is 11.3 Å². The molecule has 24 heavy (non-hydrogen) atoms. The van der Waals surface area contributed by atoms with E-state index in [0.717, 1.165) is 0 Å². The fourth-order valence-corrected chi connectivity index (χ4v) is 3.65. The van der Waals surface area contributed by atoms with Crippen LogP contribution in [0.2, 0.25) is 0 Å². The summed E-state index contributed by atoms with van der Waals surface area (Å²) >= 11 is 1.59. The number of rotatable bonds is 5. The molecule has 0 aliphatic carbocycles. The van der Waals surface area contributed by atoms with Crippen LogP contribution in [0.15, 0.2) is 29.9 Å². The largest absolute Gasteiger partial charge is 0.386 e. The number of carbonyl (C=O) groups is 1. The van der Waals surface area contributed by atoms with Crippen LogP contribution in [-0.4, -0.2) is 46.2 Å². The lowest BCUT2D eigenvalue weighted by molar-refractivity contribution is 0.0575. The summed E-state index contributed by atoms with van der Waals surface area (Å²) in [6, 6.07) is 3.69. The van der Waals surface area contributed by atoms with Gasteiger partial charge in [0.2, 0.25) is 5.95 Å². The van der Waals surface area contributed by atoms with Crippen LogP contribution in [-0.2, 0) is 0 Å². The lowest BCUT2D eigenvalue weighted by Gasteiger charge is -2.23. The van der Waals surface area contributed by atoms with Gasteiger partial charge in [-0.3, -0.25) is 4.79 Å². The van der Waals surface area contributed by atoms with Crippen molar-refractivity contribution in [2.75, 3.05) is 24.5 Å². The molecule has 1 aliphatic rings. The van der Waals surface area contributed by atoms with Crippen LogP contribution in [0.3, 0.4) is 0 Å². The van der Waals surface area contributed by atoms with Crippen molar-refractivity contribution in [1.29, 1.82) is 0 Å². The monoisotopic (exact) mass is 346 g/mol. The second kappa shape index (κ2) is 6.86. The normalized spacial score (nSPS) is 20.6. The molecule has 0 bridgehead atoms. The number of hydrogen-bond acceptors (Lipinski definition) is 6. The minimum atomic E-state index is -0.953. The molecule has 0 aromatic carbocycles. The number of nitrogens with zero attached hydrogens (tertiary/aromatic N) is 3. The van der Waals surface area contributed by atoms with E-state index >= 15 is 0 Å². The molecule has 1 amide bonds. The van der Waals surface area contributed by atoms with Gasteiger partial charge in [0.05, 0.1) is 12.1 Å². The number of β-amino-alcohol motifs (C(OH)–C–C–N with tert-alkyl or cyclic N) is 1. The molecule has 1 fully saturated rings. The van der Waals surface area contributed by atoms with Gasteiger partial charge in [-0.05, 0) is 24.5 Å². The molecule has 6 nitrogen and oxygen atoms in total. The molecule has 3 heterocycles. The Kier molecular flexibility index (Phi) is 4.82. The summed E-state index contributed by atoms with van der Waals surface area (Å²) < 4.78 is 0. The van der Waals surface area contributed by atoms with Crippen molar-refractivity contribution in [2.45, 2.75) is 31.8 Å². The van der Waals surface area contributed by atoms with Crippen molar-refractivity contribution in [3.63, 3.8) is 0 Å². The van der Waals surface area contributed by atoms with Gasteiger partial charge in [0.1, 0.15) is 5.60 Å². The highest BCUT2D eigenvalue weighted by molar-refractivity contribution is 7.10. The number of amides is 1. The Hall–Kier alpha value is -1.99. The van der Waals surface area contributed by atoms with Gasteiger partial charge in [-0.2, -0.15) is 0 Å². The van der Waals surface area contributed by atoms with E-state index in [0.29, 0.717) is 36.9 Å². The molecule has 128 valence electrons. The second-order valence-corrected chi connectivity index (χ2v) is 7.46. The predicted octanol–water partition coefficient (Wildman–Crippen LogP) is 2.03. The zero-order valence-electron chi connectivity index (χ0n) is 13.9. The molecular weight excluding hydrogens is 324 g/mol. The van der Waals surface area contributed by atoms with Crippen molar-refractivity contribution in [3.05, 3.63) is 40.3 Å². The quantitative estimate of drug-likeness (QED) is 0.866. The molecule has 0 radical (unpaired) electrons. The lowest BCUT2D eigenvalue weighted by Crippen LogP contribution is -2.45. The summed E-state index contributed by atoms with van der Waals surface area (Å²) in [5.74, 6) is 0.884. The van der Waals surface area contributed by atoms with Crippen molar-refractivity contribution >= 4 is 23.2 Å². The number of thiophene rings is 1. The molecule has 1 saturated heterocycles. The molecule has 2 aromatic heterocycles. The maximum Gasteiger partial charge on any atom is 0.252 e. The van der Waals surface area contributed by atoms with Gasteiger partial charge in [-0.1, -0.05) is 13.8 Å². The Labute approximate surface area is 145 Å². The van der Waals surface area contributed by atoms with E-state index in [1.165, 1.54) is 4.88 Å². The first-order valence-corrected chi connectivity index (χ1v) is 8.96. The maximum atomic E-state index is 12.3. The van der Waals surface area contributed by atoms with Crippen molar-refractivity contribution in [3.8, 4) is 0 Å². The van der Waals surface area contributed by atoms with E-state index < -0.39 is 5.60 Å². The number of hydrogen-bond donors (Lipinski definition) is 2. The lowest BCUT2D eigenvalue weighted by atomic mass is 10.0. The first-order chi connectivity index (χ1) is 11.5. The molecule has 1 atom stereocenters. The van der Waals surface area contributed by atoms with Crippen molar-refractivity contribution in [1.82, 2.24) is 15.3 Å². The minimum Gasteiger partial charge on any atom is -0.386 e. The minimum absolute atomic E-state index is 0.138. The number of nitrogens with one attached hydrogen (secondary N) is 1. The van der Waals surface area contributed by atoms with Crippen LogP contribution in [0, 0.1) is 0 Å². The first kappa shape index (κ1) is 16.9. The summed E-state index contributed by atoms with van der Waals surface area (Å²) in [6.45, 7) is 5.52. The van der Waals surface area contributed by atoms with Crippen LogP contribution in [0.1, 0.15) is 41.4 Å². The Morgan fingerprint density at radius 3 is 2.88 bits per heavy atom. The SMILES string of the molecule is CC(C)c1cc(C(=O)NCC2(O)CCN(c3ncccn3)C2)cs1. The third kappa shape index (κ3) is 3.73. The molecular formula is C17H22N4O2S. The molecule has 1 aliphatic heterocycles. The van der Waals surface area contributed by atoms with Crippen LogP contribution in [0.4, 0.5) is 5.95 Å². The van der Waals surface area contributed by atoms with Crippen molar-refractivity contribution < 1.29 is 9.90 Å². The van der Waals surface area contributed by atoms with Crippen LogP contribution < -0.4 is 10.2 Å². The highest BCUT2D eigenvalue weighted by atomic mass is 32.1. The first-order valence-electron chi connectivity index (χ1n) is 8.08. The summed E-state index contributed by atoms with van der Waals surface area (Å²) in [6.07, 6.45) is 3.95. The highest BCUT2D eigenvalue weighted by Gasteiger charge is 2.37. The number of carbonyl (C=O) groups excluding carboxylic acids is 1. The molecule has 1 unspecified atom stereocenters. The smallest absolute Gasteiger partial charge is 0.252 e. The van der Waals surface area contributed by atoms with E-state index in [1.807, 2.05) is 16.3 Å².